The normalized spacial score (nSPS) is 10.2. The van der Waals surface area contributed by atoms with Crippen LogP contribution in [0.3, 0.4) is 0 Å². The van der Waals surface area contributed by atoms with E-state index < -0.39 is 0 Å². The summed E-state index contributed by atoms with van der Waals surface area (Å²) in [5.74, 6) is 1.17. The quantitative estimate of drug-likeness (QED) is 0.828. The molecule has 1 amide bonds. The first-order chi connectivity index (χ1) is 10.2. The van der Waals surface area contributed by atoms with Crippen molar-refractivity contribution in [3.63, 3.8) is 0 Å². The van der Waals surface area contributed by atoms with Crippen LogP contribution in [-0.2, 0) is 11.3 Å². The summed E-state index contributed by atoms with van der Waals surface area (Å²) in [4.78, 5) is 12.3. The maximum atomic E-state index is 11.3. The van der Waals surface area contributed by atoms with Gasteiger partial charge in [-0.15, -0.1) is 11.8 Å². The van der Waals surface area contributed by atoms with Crippen LogP contribution in [0.2, 0.25) is 0 Å². The van der Waals surface area contributed by atoms with E-state index >= 15 is 0 Å². The van der Waals surface area contributed by atoms with Crippen molar-refractivity contribution in [2.75, 3.05) is 11.6 Å². The lowest BCUT2D eigenvalue weighted by atomic mass is 10.2. The van der Waals surface area contributed by atoms with Gasteiger partial charge in [0.15, 0.2) is 5.75 Å². The van der Waals surface area contributed by atoms with Gasteiger partial charge in [-0.2, -0.15) is 0 Å². The second-order valence-corrected chi connectivity index (χ2v) is 5.27. The molecular formula is C16H18N2O2S. The van der Waals surface area contributed by atoms with Gasteiger partial charge in [-0.25, -0.2) is 0 Å². The Morgan fingerprint density at radius 1 is 1.19 bits per heavy atom. The Balaban J connectivity index is 2.36. The van der Waals surface area contributed by atoms with Crippen LogP contribution in [0.1, 0.15) is 12.5 Å². The minimum Gasteiger partial charge on any atom is -0.455 e. The Labute approximate surface area is 128 Å². The molecule has 0 saturated carbocycles. The number of benzene rings is 2. The second-order valence-electron chi connectivity index (χ2n) is 4.42. The van der Waals surface area contributed by atoms with Gasteiger partial charge < -0.3 is 15.8 Å². The predicted octanol–water partition coefficient (Wildman–Crippen LogP) is 3.62. The average molecular weight is 302 g/mol. The van der Waals surface area contributed by atoms with Crippen molar-refractivity contribution in [3.8, 4) is 11.5 Å². The minimum absolute atomic E-state index is 0.136. The molecule has 2 aromatic carbocycles. The number of ether oxygens (including phenoxy) is 1. The van der Waals surface area contributed by atoms with E-state index in [4.69, 9.17) is 10.5 Å². The van der Waals surface area contributed by atoms with Crippen LogP contribution < -0.4 is 15.8 Å². The van der Waals surface area contributed by atoms with Crippen molar-refractivity contribution >= 4 is 23.4 Å². The SMILES string of the molecule is CSc1cccc(Oc2ccccc2NC(C)=O)c1CN. The lowest BCUT2D eigenvalue weighted by Crippen LogP contribution is -2.07. The number of carbonyl (C=O) groups excluding carboxylic acids is 1. The monoisotopic (exact) mass is 302 g/mol. The molecule has 0 saturated heterocycles. The first kappa shape index (κ1) is 15.4. The van der Waals surface area contributed by atoms with Crippen LogP contribution in [0.25, 0.3) is 0 Å². The number of thioether (sulfide) groups is 1. The van der Waals surface area contributed by atoms with E-state index in [0.29, 0.717) is 23.7 Å². The van der Waals surface area contributed by atoms with Crippen LogP contribution >= 0.6 is 11.8 Å². The van der Waals surface area contributed by atoms with Crippen LogP contribution in [0.4, 0.5) is 5.69 Å². The molecule has 0 bridgehead atoms. The van der Waals surface area contributed by atoms with Crippen LogP contribution in [0, 0.1) is 0 Å². The van der Waals surface area contributed by atoms with Gasteiger partial charge in [0.1, 0.15) is 5.75 Å². The number of nitrogens with one attached hydrogen (secondary N) is 1. The predicted molar refractivity (Wildman–Crippen MR) is 86.9 cm³/mol. The molecule has 0 atom stereocenters. The van der Waals surface area contributed by atoms with Gasteiger partial charge in [0, 0.05) is 23.9 Å². The zero-order valence-electron chi connectivity index (χ0n) is 12.1. The molecule has 0 heterocycles. The van der Waals surface area contributed by atoms with Crippen molar-refractivity contribution in [1.82, 2.24) is 0 Å². The van der Waals surface area contributed by atoms with Gasteiger partial charge in [-0.05, 0) is 30.5 Å². The summed E-state index contributed by atoms with van der Waals surface area (Å²) < 4.78 is 5.97. The van der Waals surface area contributed by atoms with Crippen molar-refractivity contribution in [2.45, 2.75) is 18.4 Å². The molecule has 0 aliphatic carbocycles. The highest BCUT2D eigenvalue weighted by Gasteiger charge is 2.11. The number of nitrogens with two attached hydrogens (primary N) is 1. The number of hydrogen-bond donors (Lipinski definition) is 2. The summed E-state index contributed by atoms with van der Waals surface area (Å²) in [6.45, 7) is 1.87. The maximum Gasteiger partial charge on any atom is 0.221 e. The summed E-state index contributed by atoms with van der Waals surface area (Å²) in [5.41, 5.74) is 7.44. The molecule has 0 spiro atoms. The van der Waals surface area contributed by atoms with Crippen LogP contribution in [-0.4, -0.2) is 12.2 Å². The summed E-state index contributed by atoms with van der Waals surface area (Å²) in [6.07, 6.45) is 2.00. The molecule has 2 aromatic rings. The number of hydrogen-bond acceptors (Lipinski definition) is 4. The molecule has 21 heavy (non-hydrogen) atoms. The summed E-state index contributed by atoms with van der Waals surface area (Å²) in [5, 5.41) is 2.76. The topological polar surface area (TPSA) is 64.3 Å². The molecule has 0 aliphatic heterocycles. The number of para-hydroxylation sites is 2. The zero-order chi connectivity index (χ0) is 15.2. The zero-order valence-corrected chi connectivity index (χ0v) is 12.9. The Morgan fingerprint density at radius 2 is 1.90 bits per heavy atom. The standard InChI is InChI=1S/C16H18N2O2S/c1-11(19)18-13-6-3-4-7-15(13)20-14-8-5-9-16(21-2)12(14)10-17/h3-9H,10,17H2,1-2H3,(H,18,19). The van der Waals surface area contributed by atoms with Crippen molar-refractivity contribution in [1.29, 1.82) is 0 Å². The smallest absolute Gasteiger partial charge is 0.221 e. The van der Waals surface area contributed by atoms with Crippen molar-refractivity contribution in [3.05, 3.63) is 48.0 Å². The molecular weight excluding hydrogens is 284 g/mol. The van der Waals surface area contributed by atoms with E-state index in [1.165, 1.54) is 6.92 Å². The fourth-order valence-electron chi connectivity index (χ4n) is 2.00. The molecule has 3 N–H and O–H groups in total. The first-order valence-corrected chi connectivity index (χ1v) is 7.78. The largest absolute Gasteiger partial charge is 0.455 e. The fourth-order valence-corrected chi connectivity index (χ4v) is 2.65. The lowest BCUT2D eigenvalue weighted by Gasteiger charge is -2.15. The molecule has 0 aliphatic rings. The Morgan fingerprint density at radius 3 is 2.57 bits per heavy atom. The van der Waals surface area contributed by atoms with Gasteiger partial charge in [0.25, 0.3) is 0 Å². The minimum atomic E-state index is -0.136. The average Bonchev–Trinajstić information content (AvgIpc) is 2.48. The molecule has 110 valence electrons. The molecule has 0 unspecified atom stereocenters. The lowest BCUT2D eigenvalue weighted by molar-refractivity contribution is -0.114. The number of anilines is 1. The fraction of sp³-hybridized carbons (Fsp3) is 0.188. The van der Waals surface area contributed by atoms with Crippen LogP contribution in [0.5, 0.6) is 11.5 Å². The maximum absolute atomic E-state index is 11.3. The van der Waals surface area contributed by atoms with Crippen molar-refractivity contribution < 1.29 is 9.53 Å². The molecule has 0 aromatic heterocycles. The van der Waals surface area contributed by atoms with Gasteiger partial charge in [0.2, 0.25) is 5.91 Å². The van der Waals surface area contributed by atoms with Gasteiger partial charge in [-0.3, -0.25) is 4.79 Å². The van der Waals surface area contributed by atoms with E-state index in [1.54, 1.807) is 17.8 Å². The molecule has 5 heteroatoms. The molecule has 0 radical (unpaired) electrons. The van der Waals surface area contributed by atoms with Gasteiger partial charge in [0.05, 0.1) is 5.69 Å². The molecule has 0 fully saturated rings. The van der Waals surface area contributed by atoms with Crippen molar-refractivity contribution in [2.24, 2.45) is 5.73 Å². The second kappa shape index (κ2) is 7.15. The van der Waals surface area contributed by atoms with Crippen LogP contribution in [0.15, 0.2) is 47.4 Å². The van der Waals surface area contributed by atoms with E-state index in [9.17, 15) is 4.79 Å². The van der Waals surface area contributed by atoms with E-state index in [1.807, 2.05) is 42.7 Å². The number of amides is 1. The molecule has 4 nitrogen and oxygen atoms in total. The number of rotatable bonds is 5. The third-order valence-electron chi connectivity index (χ3n) is 2.93. The Kier molecular flexibility index (Phi) is 5.25. The number of carbonyl (C=O) groups is 1. The Bertz CT molecular complexity index is 644. The highest BCUT2D eigenvalue weighted by Crippen LogP contribution is 2.34. The van der Waals surface area contributed by atoms with Gasteiger partial charge in [-0.1, -0.05) is 18.2 Å². The van der Waals surface area contributed by atoms with Gasteiger partial charge >= 0.3 is 0 Å². The van der Waals surface area contributed by atoms with E-state index in [-0.39, 0.29) is 5.91 Å². The van der Waals surface area contributed by atoms with E-state index in [2.05, 4.69) is 5.32 Å². The summed E-state index contributed by atoms with van der Waals surface area (Å²) >= 11 is 1.63. The highest BCUT2D eigenvalue weighted by molar-refractivity contribution is 7.98. The molecule has 2 rings (SSSR count). The summed E-state index contributed by atoms with van der Waals surface area (Å²) in [6, 6.07) is 13.2. The third kappa shape index (κ3) is 3.77. The first-order valence-electron chi connectivity index (χ1n) is 6.56. The summed E-state index contributed by atoms with van der Waals surface area (Å²) in [7, 11) is 0. The Hall–Kier alpha value is -1.98. The highest BCUT2D eigenvalue weighted by atomic mass is 32.2. The van der Waals surface area contributed by atoms with E-state index in [0.717, 1.165) is 10.5 Å². The third-order valence-corrected chi connectivity index (χ3v) is 3.75.